The van der Waals surface area contributed by atoms with Crippen molar-refractivity contribution in [1.82, 2.24) is 0 Å². The fraction of sp³-hybridized carbons (Fsp3) is 0.167. The molecule has 2 aliphatic rings. The van der Waals surface area contributed by atoms with Gasteiger partial charge in [-0.15, -0.1) is 0 Å². The maximum absolute atomic E-state index is 10.0. The Morgan fingerprint density at radius 3 is 2.76 bits per heavy atom. The molecular weight excluding hydrogens is 428 g/mol. The topological polar surface area (TPSA) is 54.6 Å². The van der Waals surface area contributed by atoms with Crippen molar-refractivity contribution in [2.45, 2.75) is 20.0 Å². The summed E-state index contributed by atoms with van der Waals surface area (Å²) in [6.45, 7) is 4.42. The van der Waals surface area contributed by atoms with Crippen LogP contribution >= 0.6 is 15.9 Å². The van der Waals surface area contributed by atoms with E-state index in [0.29, 0.717) is 12.2 Å². The summed E-state index contributed by atoms with van der Waals surface area (Å²) in [7, 11) is 0. The lowest BCUT2D eigenvalue weighted by molar-refractivity contribution is 0.190. The van der Waals surface area contributed by atoms with Crippen molar-refractivity contribution >= 4 is 39.6 Å². The molecular formula is C24H19BrN2O2. The summed E-state index contributed by atoms with van der Waals surface area (Å²) in [5, 5.41) is 10.0. The smallest absolute Gasteiger partial charge is 0.236 e. The zero-order chi connectivity index (χ0) is 20.4. The van der Waals surface area contributed by atoms with Gasteiger partial charge in [0.15, 0.2) is 6.40 Å². The Morgan fingerprint density at radius 1 is 1.24 bits per heavy atom. The molecule has 0 radical (unpaired) electrons. The number of nitrogens with zero attached hydrogens (tertiary/aromatic N) is 2. The van der Waals surface area contributed by atoms with Gasteiger partial charge in [-0.25, -0.2) is 0 Å². The number of fused-ring (bicyclic) bond motifs is 3. The molecule has 4 nitrogen and oxygen atoms in total. The first-order valence-electron chi connectivity index (χ1n) is 9.37. The summed E-state index contributed by atoms with van der Waals surface area (Å²) >= 11 is 3.54. The van der Waals surface area contributed by atoms with E-state index in [0.717, 1.165) is 37.9 Å². The van der Waals surface area contributed by atoms with Crippen LogP contribution < -0.4 is 0 Å². The number of aryl methyl sites for hydroxylation is 1. The summed E-state index contributed by atoms with van der Waals surface area (Å²) in [5.41, 5.74) is 6.48. The van der Waals surface area contributed by atoms with Crippen LogP contribution in [0.5, 0.6) is 0 Å². The molecule has 1 aliphatic carbocycles. The third-order valence-electron chi connectivity index (χ3n) is 4.87. The van der Waals surface area contributed by atoms with Crippen LogP contribution in [-0.2, 0) is 9.47 Å². The number of hydrogen-bond acceptors (Lipinski definition) is 4. The molecule has 144 valence electrons. The highest BCUT2D eigenvalue weighted by atomic mass is 79.9. The minimum Gasteiger partial charge on any atom is -0.483 e. The van der Waals surface area contributed by atoms with Crippen molar-refractivity contribution in [2.24, 2.45) is 4.99 Å². The molecule has 1 heterocycles. The van der Waals surface area contributed by atoms with E-state index in [4.69, 9.17) is 9.47 Å². The lowest BCUT2D eigenvalue weighted by Gasteiger charge is -2.31. The lowest BCUT2D eigenvalue weighted by atomic mass is 9.81. The highest BCUT2D eigenvalue weighted by Gasteiger charge is 2.34. The second-order valence-electron chi connectivity index (χ2n) is 6.77. The first-order valence-corrected chi connectivity index (χ1v) is 10.2. The van der Waals surface area contributed by atoms with E-state index < -0.39 is 0 Å². The quantitative estimate of drug-likeness (QED) is 0.434. The van der Waals surface area contributed by atoms with Gasteiger partial charge in [-0.3, -0.25) is 0 Å². The molecule has 29 heavy (non-hydrogen) atoms. The van der Waals surface area contributed by atoms with Gasteiger partial charge in [0.1, 0.15) is 17.7 Å². The Labute approximate surface area is 178 Å². The normalized spacial score (nSPS) is 17.7. The predicted molar refractivity (Wildman–Crippen MR) is 119 cm³/mol. The molecule has 2 aromatic carbocycles. The fourth-order valence-electron chi connectivity index (χ4n) is 3.53. The SMILES string of the molecule is CCO/C=N\C1=C(C#N)C(c2ccc(C)cc2)=C2c3ccc(Br)cc3C=CC2O1. The van der Waals surface area contributed by atoms with Crippen molar-refractivity contribution in [1.29, 1.82) is 5.26 Å². The van der Waals surface area contributed by atoms with Crippen molar-refractivity contribution in [3.63, 3.8) is 0 Å². The van der Waals surface area contributed by atoms with Crippen molar-refractivity contribution in [3.8, 4) is 6.07 Å². The largest absolute Gasteiger partial charge is 0.483 e. The maximum Gasteiger partial charge on any atom is 0.236 e. The first-order chi connectivity index (χ1) is 14.1. The number of ether oxygens (including phenoxy) is 2. The molecule has 0 saturated carbocycles. The molecule has 0 fully saturated rings. The van der Waals surface area contributed by atoms with Gasteiger partial charge in [0.05, 0.1) is 6.61 Å². The third kappa shape index (κ3) is 3.64. The molecule has 1 atom stereocenters. The Morgan fingerprint density at radius 2 is 2.03 bits per heavy atom. The van der Waals surface area contributed by atoms with Crippen LogP contribution in [-0.4, -0.2) is 19.1 Å². The summed E-state index contributed by atoms with van der Waals surface area (Å²) in [6, 6.07) is 16.6. The Balaban J connectivity index is 2.00. The fourth-order valence-corrected chi connectivity index (χ4v) is 3.91. The monoisotopic (exact) mass is 446 g/mol. The molecule has 0 spiro atoms. The van der Waals surface area contributed by atoms with Gasteiger partial charge in [0, 0.05) is 15.6 Å². The maximum atomic E-state index is 10.0. The Bertz CT molecular complexity index is 1120. The van der Waals surface area contributed by atoms with E-state index in [-0.39, 0.29) is 12.0 Å². The zero-order valence-electron chi connectivity index (χ0n) is 16.1. The molecule has 0 saturated heterocycles. The average molecular weight is 447 g/mol. The van der Waals surface area contributed by atoms with E-state index >= 15 is 0 Å². The summed E-state index contributed by atoms with van der Waals surface area (Å²) in [6.07, 6.45) is 5.05. The minimum atomic E-state index is -0.328. The van der Waals surface area contributed by atoms with Gasteiger partial charge < -0.3 is 9.47 Å². The standard InChI is InChI=1S/C24H19BrN2O2/c1-3-28-14-27-24-20(13-26)22(16-6-4-15(2)5-7-16)23-19-10-9-18(25)12-17(19)8-11-21(23)29-24/h4-12,14,21H,3H2,1-2H3/b27-14-. The van der Waals surface area contributed by atoms with Gasteiger partial charge in [-0.05, 0) is 48.7 Å². The van der Waals surface area contributed by atoms with Gasteiger partial charge in [-0.2, -0.15) is 10.3 Å². The molecule has 0 N–H and O–H groups in total. The Kier molecular flexibility index (Phi) is 5.37. The second-order valence-corrected chi connectivity index (χ2v) is 7.68. The zero-order valence-corrected chi connectivity index (χ0v) is 17.7. The molecule has 4 rings (SSSR count). The summed E-state index contributed by atoms with van der Waals surface area (Å²) < 4.78 is 12.4. The second kappa shape index (κ2) is 8.10. The van der Waals surface area contributed by atoms with Crippen LogP contribution in [0.3, 0.4) is 0 Å². The average Bonchev–Trinajstić information content (AvgIpc) is 2.73. The summed E-state index contributed by atoms with van der Waals surface area (Å²) in [4.78, 5) is 4.29. The van der Waals surface area contributed by atoms with E-state index in [9.17, 15) is 5.26 Å². The van der Waals surface area contributed by atoms with Gasteiger partial charge in [-0.1, -0.05) is 57.9 Å². The molecule has 0 aromatic heterocycles. The van der Waals surface area contributed by atoms with E-state index in [2.05, 4.69) is 39.1 Å². The number of halogens is 1. The predicted octanol–water partition coefficient (Wildman–Crippen LogP) is 5.89. The highest BCUT2D eigenvalue weighted by molar-refractivity contribution is 9.10. The van der Waals surface area contributed by atoms with E-state index in [1.807, 2.05) is 56.3 Å². The lowest BCUT2D eigenvalue weighted by Crippen LogP contribution is -2.22. The van der Waals surface area contributed by atoms with Crippen LogP contribution in [0.2, 0.25) is 0 Å². The van der Waals surface area contributed by atoms with Crippen LogP contribution in [0.4, 0.5) is 0 Å². The molecule has 0 bridgehead atoms. The molecule has 1 unspecified atom stereocenters. The molecule has 1 aliphatic heterocycles. The van der Waals surface area contributed by atoms with Crippen LogP contribution in [0.1, 0.15) is 29.2 Å². The molecule has 0 amide bonds. The van der Waals surface area contributed by atoms with E-state index in [1.165, 1.54) is 6.40 Å². The molecule has 2 aromatic rings. The van der Waals surface area contributed by atoms with Gasteiger partial charge in [0.25, 0.3) is 0 Å². The van der Waals surface area contributed by atoms with E-state index in [1.54, 1.807) is 0 Å². The van der Waals surface area contributed by atoms with Crippen molar-refractivity contribution < 1.29 is 9.47 Å². The number of aliphatic imine (C=N–C) groups is 1. The van der Waals surface area contributed by atoms with Gasteiger partial charge >= 0.3 is 0 Å². The Hall–Kier alpha value is -3.10. The number of nitriles is 1. The van der Waals surface area contributed by atoms with Crippen LogP contribution in [0, 0.1) is 18.3 Å². The number of rotatable bonds is 4. The van der Waals surface area contributed by atoms with Gasteiger partial charge in [0.2, 0.25) is 5.88 Å². The highest BCUT2D eigenvalue weighted by Crippen LogP contribution is 2.45. The number of allylic oxidation sites excluding steroid dienone is 2. The first kappa shape index (κ1) is 19.2. The third-order valence-corrected chi connectivity index (χ3v) is 5.37. The minimum absolute atomic E-state index is 0.274. The number of benzene rings is 2. The summed E-state index contributed by atoms with van der Waals surface area (Å²) in [5.74, 6) is 0.274. The number of hydrogen-bond donors (Lipinski definition) is 0. The van der Waals surface area contributed by atoms with Crippen LogP contribution in [0.25, 0.3) is 17.2 Å². The molecule has 5 heteroatoms. The van der Waals surface area contributed by atoms with Crippen molar-refractivity contribution in [3.05, 3.63) is 86.7 Å². The van der Waals surface area contributed by atoms with Crippen LogP contribution in [0.15, 0.2) is 69.5 Å². The van der Waals surface area contributed by atoms with Crippen molar-refractivity contribution in [2.75, 3.05) is 6.61 Å².